The summed E-state index contributed by atoms with van der Waals surface area (Å²) in [6.07, 6.45) is 0. The van der Waals surface area contributed by atoms with Crippen LogP contribution in [0.25, 0.3) is 0 Å². The highest BCUT2D eigenvalue weighted by Crippen LogP contribution is 2.31. The lowest BCUT2D eigenvalue weighted by Crippen LogP contribution is -2.38. The molecule has 0 amide bonds. The fourth-order valence-corrected chi connectivity index (χ4v) is 3.55. The number of benzene rings is 2. The Morgan fingerprint density at radius 3 is 2.54 bits per heavy atom. The highest BCUT2D eigenvalue weighted by Gasteiger charge is 2.05. The van der Waals surface area contributed by atoms with Crippen LogP contribution in [0.1, 0.15) is 18.1 Å². The summed E-state index contributed by atoms with van der Waals surface area (Å²) in [5.41, 5.74) is 3.55. The first-order valence-corrected chi connectivity index (χ1v) is 9.12. The Hall–Kier alpha value is -1.56. The molecule has 1 unspecified atom stereocenters. The summed E-state index contributed by atoms with van der Waals surface area (Å²) >= 11 is 7.09. The maximum Gasteiger partial charge on any atom is 0.171 e. The molecule has 0 heterocycles. The van der Waals surface area contributed by atoms with E-state index in [9.17, 15) is 0 Å². The Labute approximate surface area is 154 Å². The predicted octanol–water partition coefficient (Wildman–Crippen LogP) is 4.78. The number of anilines is 1. The van der Waals surface area contributed by atoms with E-state index in [4.69, 9.17) is 17.0 Å². The number of ether oxygens (including phenoxy) is 1. The molecular formula is C19H24N2OS2. The largest absolute Gasteiger partial charge is 0.383 e. The summed E-state index contributed by atoms with van der Waals surface area (Å²) in [4.78, 5) is 2.50. The Morgan fingerprint density at radius 1 is 1.17 bits per heavy atom. The number of hydrogen-bond acceptors (Lipinski definition) is 3. The van der Waals surface area contributed by atoms with Crippen molar-refractivity contribution in [3.63, 3.8) is 0 Å². The topological polar surface area (TPSA) is 33.3 Å². The third kappa shape index (κ3) is 5.82. The van der Waals surface area contributed by atoms with E-state index in [0.29, 0.717) is 11.7 Å². The van der Waals surface area contributed by atoms with Gasteiger partial charge in [-0.15, -0.1) is 0 Å². The second-order valence-electron chi connectivity index (χ2n) is 5.85. The number of nitrogens with one attached hydrogen (secondary N) is 2. The molecule has 0 saturated carbocycles. The van der Waals surface area contributed by atoms with Gasteiger partial charge in [0, 0.05) is 28.6 Å². The molecule has 24 heavy (non-hydrogen) atoms. The first kappa shape index (κ1) is 18.8. The van der Waals surface area contributed by atoms with E-state index in [2.05, 4.69) is 54.8 Å². The molecule has 2 rings (SSSR count). The SMILES string of the molecule is COCC(C)NC(=S)Nc1ccc(Sc2cc(C)ccc2C)cc1. The van der Waals surface area contributed by atoms with Crippen molar-refractivity contribution in [2.75, 3.05) is 19.0 Å². The van der Waals surface area contributed by atoms with Crippen molar-refractivity contribution in [3.05, 3.63) is 53.6 Å². The molecule has 2 aromatic rings. The molecule has 0 spiro atoms. The lowest BCUT2D eigenvalue weighted by Gasteiger charge is -2.16. The Kier molecular flexibility index (Phi) is 7.09. The van der Waals surface area contributed by atoms with Gasteiger partial charge in [-0.25, -0.2) is 0 Å². The molecule has 3 nitrogen and oxygen atoms in total. The molecule has 0 saturated heterocycles. The van der Waals surface area contributed by atoms with Crippen LogP contribution >= 0.6 is 24.0 Å². The highest BCUT2D eigenvalue weighted by atomic mass is 32.2. The standard InChI is InChI=1S/C19H24N2OS2/c1-13-5-6-14(2)18(11-13)24-17-9-7-16(8-10-17)21-19(23)20-15(3)12-22-4/h5-11,15H,12H2,1-4H3,(H2,20,21,23). The molecule has 0 aliphatic heterocycles. The van der Waals surface area contributed by atoms with Gasteiger partial charge in [-0.05, 0) is 74.4 Å². The normalized spacial score (nSPS) is 11.8. The van der Waals surface area contributed by atoms with Crippen LogP contribution < -0.4 is 10.6 Å². The van der Waals surface area contributed by atoms with Gasteiger partial charge in [-0.2, -0.15) is 0 Å². The van der Waals surface area contributed by atoms with Crippen molar-refractivity contribution < 1.29 is 4.74 Å². The van der Waals surface area contributed by atoms with Crippen molar-refractivity contribution in [2.45, 2.75) is 36.6 Å². The average Bonchev–Trinajstić information content (AvgIpc) is 2.53. The van der Waals surface area contributed by atoms with Crippen molar-refractivity contribution in [2.24, 2.45) is 0 Å². The van der Waals surface area contributed by atoms with Crippen LogP contribution in [0, 0.1) is 13.8 Å². The molecular weight excluding hydrogens is 336 g/mol. The first-order chi connectivity index (χ1) is 11.5. The summed E-state index contributed by atoms with van der Waals surface area (Å²) < 4.78 is 5.09. The summed E-state index contributed by atoms with van der Waals surface area (Å²) in [6.45, 7) is 6.91. The Bertz CT molecular complexity index is 686. The maximum absolute atomic E-state index is 5.31. The molecule has 128 valence electrons. The maximum atomic E-state index is 5.31. The van der Waals surface area contributed by atoms with E-state index in [1.165, 1.54) is 20.9 Å². The van der Waals surface area contributed by atoms with Crippen molar-refractivity contribution in [1.29, 1.82) is 0 Å². The minimum atomic E-state index is 0.175. The lowest BCUT2D eigenvalue weighted by atomic mass is 10.2. The summed E-state index contributed by atoms with van der Waals surface area (Å²) in [5, 5.41) is 6.99. The van der Waals surface area contributed by atoms with Crippen LogP contribution in [0.3, 0.4) is 0 Å². The van der Waals surface area contributed by atoms with E-state index in [1.54, 1.807) is 18.9 Å². The molecule has 0 fully saturated rings. The van der Waals surface area contributed by atoms with E-state index < -0.39 is 0 Å². The molecule has 5 heteroatoms. The zero-order chi connectivity index (χ0) is 17.5. The fraction of sp³-hybridized carbons (Fsp3) is 0.316. The number of thiocarbonyl (C=S) groups is 1. The van der Waals surface area contributed by atoms with E-state index in [0.717, 1.165) is 5.69 Å². The minimum absolute atomic E-state index is 0.175. The zero-order valence-corrected chi connectivity index (χ0v) is 16.2. The van der Waals surface area contributed by atoms with Gasteiger partial charge in [-0.3, -0.25) is 0 Å². The Balaban J connectivity index is 1.95. The van der Waals surface area contributed by atoms with Gasteiger partial charge in [0.2, 0.25) is 0 Å². The van der Waals surface area contributed by atoms with E-state index in [-0.39, 0.29) is 6.04 Å². The monoisotopic (exact) mass is 360 g/mol. The second kappa shape index (κ2) is 9.06. The Morgan fingerprint density at radius 2 is 1.88 bits per heavy atom. The molecule has 0 aliphatic rings. The molecule has 2 aromatic carbocycles. The van der Waals surface area contributed by atoms with Crippen molar-refractivity contribution >= 4 is 34.8 Å². The van der Waals surface area contributed by atoms with Gasteiger partial charge in [0.15, 0.2) is 5.11 Å². The van der Waals surface area contributed by atoms with Crippen molar-refractivity contribution in [3.8, 4) is 0 Å². The fourth-order valence-electron chi connectivity index (χ4n) is 2.23. The lowest BCUT2D eigenvalue weighted by molar-refractivity contribution is 0.179. The van der Waals surface area contributed by atoms with Gasteiger partial charge >= 0.3 is 0 Å². The summed E-state index contributed by atoms with van der Waals surface area (Å²) in [5.74, 6) is 0. The van der Waals surface area contributed by atoms with Crippen LogP contribution in [0.2, 0.25) is 0 Å². The number of rotatable bonds is 6. The number of aryl methyl sites for hydroxylation is 2. The van der Waals surface area contributed by atoms with Gasteiger partial charge < -0.3 is 15.4 Å². The summed E-state index contributed by atoms with van der Waals surface area (Å²) in [7, 11) is 1.68. The van der Waals surface area contributed by atoms with Gasteiger partial charge in [0.05, 0.1) is 6.61 Å². The smallest absolute Gasteiger partial charge is 0.171 e. The van der Waals surface area contributed by atoms with Gasteiger partial charge in [0.1, 0.15) is 0 Å². The molecule has 0 radical (unpaired) electrons. The van der Waals surface area contributed by atoms with Crippen LogP contribution in [0.5, 0.6) is 0 Å². The first-order valence-electron chi connectivity index (χ1n) is 7.89. The number of methoxy groups -OCH3 is 1. The quantitative estimate of drug-likeness (QED) is 0.725. The summed E-state index contributed by atoms with van der Waals surface area (Å²) in [6, 6.07) is 15.0. The van der Waals surface area contributed by atoms with Crippen LogP contribution in [-0.4, -0.2) is 24.9 Å². The molecule has 0 bridgehead atoms. The van der Waals surface area contributed by atoms with Crippen LogP contribution in [0.4, 0.5) is 5.69 Å². The molecule has 1 atom stereocenters. The van der Waals surface area contributed by atoms with E-state index >= 15 is 0 Å². The number of hydrogen-bond donors (Lipinski definition) is 2. The van der Waals surface area contributed by atoms with Gasteiger partial charge in [-0.1, -0.05) is 23.9 Å². The third-order valence-electron chi connectivity index (χ3n) is 3.48. The third-order valence-corrected chi connectivity index (χ3v) is 4.87. The highest BCUT2D eigenvalue weighted by molar-refractivity contribution is 7.99. The average molecular weight is 361 g/mol. The molecule has 2 N–H and O–H groups in total. The zero-order valence-electron chi connectivity index (χ0n) is 14.6. The second-order valence-corrected chi connectivity index (χ2v) is 7.37. The molecule has 0 aromatic heterocycles. The van der Waals surface area contributed by atoms with Gasteiger partial charge in [0.25, 0.3) is 0 Å². The predicted molar refractivity (Wildman–Crippen MR) is 107 cm³/mol. The van der Waals surface area contributed by atoms with E-state index in [1.807, 2.05) is 19.1 Å². The minimum Gasteiger partial charge on any atom is -0.383 e. The van der Waals surface area contributed by atoms with Crippen LogP contribution in [0.15, 0.2) is 52.3 Å². The molecule has 0 aliphatic carbocycles. The van der Waals surface area contributed by atoms with Crippen molar-refractivity contribution in [1.82, 2.24) is 5.32 Å². The van der Waals surface area contributed by atoms with Crippen LogP contribution in [-0.2, 0) is 4.74 Å².